The first kappa shape index (κ1) is 21.7. The van der Waals surface area contributed by atoms with Crippen LogP contribution in [0.25, 0.3) is 0 Å². The van der Waals surface area contributed by atoms with Gasteiger partial charge in [-0.05, 0) is 31.2 Å². The van der Waals surface area contributed by atoms with Crippen molar-refractivity contribution in [2.75, 3.05) is 11.9 Å². The predicted molar refractivity (Wildman–Crippen MR) is 114 cm³/mol. The molecule has 3 rings (SSSR count). The van der Waals surface area contributed by atoms with Crippen LogP contribution in [0, 0.1) is 12.7 Å². The molecule has 0 aromatic heterocycles. The summed E-state index contributed by atoms with van der Waals surface area (Å²) < 4.78 is 19.1. The molecule has 3 aromatic carbocycles. The summed E-state index contributed by atoms with van der Waals surface area (Å²) in [5.41, 5.74) is 1.88. The van der Waals surface area contributed by atoms with Gasteiger partial charge in [0.2, 0.25) is 6.10 Å². The molecule has 0 radical (unpaired) electrons. The molecule has 0 aliphatic heterocycles. The second kappa shape index (κ2) is 10.2. The third-order valence-corrected chi connectivity index (χ3v) is 4.42. The average Bonchev–Trinajstić information content (AvgIpc) is 2.78. The normalized spacial score (nSPS) is 11.3. The van der Waals surface area contributed by atoms with Crippen LogP contribution in [0.2, 0.25) is 0 Å². The Labute approximate surface area is 179 Å². The number of hydrogen-bond acceptors (Lipinski definition) is 4. The summed E-state index contributed by atoms with van der Waals surface area (Å²) in [5, 5.41) is 5.02. The molecule has 158 valence electrons. The van der Waals surface area contributed by atoms with Gasteiger partial charge in [-0.2, -0.15) is 0 Å². The van der Waals surface area contributed by atoms with Crippen LogP contribution in [0.1, 0.15) is 27.6 Å². The van der Waals surface area contributed by atoms with Crippen LogP contribution >= 0.6 is 0 Å². The fraction of sp³-hybridized carbons (Fsp3) is 0.125. The fourth-order valence-corrected chi connectivity index (χ4v) is 2.81. The minimum Gasteiger partial charge on any atom is -0.446 e. The van der Waals surface area contributed by atoms with E-state index >= 15 is 0 Å². The van der Waals surface area contributed by atoms with Crippen molar-refractivity contribution >= 4 is 23.5 Å². The van der Waals surface area contributed by atoms with E-state index in [9.17, 15) is 18.8 Å². The monoisotopic (exact) mass is 420 g/mol. The van der Waals surface area contributed by atoms with E-state index in [4.69, 9.17) is 4.74 Å². The first-order chi connectivity index (χ1) is 14.9. The van der Waals surface area contributed by atoms with Crippen LogP contribution in [0.5, 0.6) is 0 Å². The Morgan fingerprint density at radius 1 is 0.903 bits per heavy atom. The maximum Gasteiger partial charge on any atom is 0.326 e. The van der Waals surface area contributed by atoms with Crippen LogP contribution in [0.15, 0.2) is 78.9 Å². The van der Waals surface area contributed by atoms with E-state index in [-0.39, 0.29) is 5.56 Å². The molecule has 0 fully saturated rings. The number of aryl methyl sites for hydroxylation is 1. The van der Waals surface area contributed by atoms with Crippen molar-refractivity contribution in [2.24, 2.45) is 0 Å². The van der Waals surface area contributed by atoms with Gasteiger partial charge in [0, 0.05) is 11.3 Å². The maximum atomic E-state index is 13.7. The van der Waals surface area contributed by atoms with E-state index in [1.165, 1.54) is 18.2 Å². The lowest BCUT2D eigenvalue weighted by atomic mass is 10.1. The highest BCUT2D eigenvalue weighted by Gasteiger charge is 2.25. The summed E-state index contributed by atoms with van der Waals surface area (Å²) in [6.07, 6.45) is -1.22. The lowest BCUT2D eigenvalue weighted by molar-refractivity contribution is -0.153. The highest BCUT2D eigenvalue weighted by atomic mass is 19.1. The molecule has 0 saturated carbocycles. The molecule has 0 spiro atoms. The predicted octanol–water partition coefficient (Wildman–Crippen LogP) is 3.79. The summed E-state index contributed by atoms with van der Waals surface area (Å²) in [7, 11) is 0. The zero-order chi connectivity index (χ0) is 22.2. The number of halogens is 1. The van der Waals surface area contributed by atoms with Crippen LogP contribution in [0.3, 0.4) is 0 Å². The van der Waals surface area contributed by atoms with Crippen molar-refractivity contribution in [3.63, 3.8) is 0 Å². The van der Waals surface area contributed by atoms with Crippen LogP contribution in [-0.2, 0) is 14.3 Å². The fourth-order valence-electron chi connectivity index (χ4n) is 2.81. The van der Waals surface area contributed by atoms with Crippen LogP contribution < -0.4 is 10.6 Å². The highest BCUT2D eigenvalue weighted by molar-refractivity contribution is 5.98. The van der Waals surface area contributed by atoms with Crippen molar-refractivity contribution in [2.45, 2.75) is 13.0 Å². The Bertz CT molecular complexity index is 1070. The van der Waals surface area contributed by atoms with E-state index in [0.717, 1.165) is 11.6 Å². The summed E-state index contributed by atoms with van der Waals surface area (Å²) in [5.74, 6) is -2.83. The molecule has 0 heterocycles. The molecule has 1 atom stereocenters. The van der Waals surface area contributed by atoms with Gasteiger partial charge in [0.25, 0.3) is 11.8 Å². The number of carbonyl (C=O) groups excluding carboxylic acids is 3. The number of esters is 1. The summed E-state index contributed by atoms with van der Waals surface area (Å²) in [6, 6.07) is 21.1. The summed E-state index contributed by atoms with van der Waals surface area (Å²) in [6.45, 7) is 1.41. The Kier molecular flexibility index (Phi) is 7.11. The van der Waals surface area contributed by atoms with Gasteiger partial charge >= 0.3 is 5.97 Å². The number of carbonyl (C=O) groups is 3. The minimum absolute atomic E-state index is 0.188. The van der Waals surface area contributed by atoms with Crippen molar-refractivity contribution in [1.29, 1.82) is 0 Å². The van der Waals surface area contributed by atoms with Crippen molar-refractivity contribution < 1.29 is 23.5 Å². The molecule has 0 saturated heterocycles. The third kappa shape index (κ3) is 5.99. The molecule has 0 aliphatic carbocycles. The quantitative estimate of drug-likeness (QED) is 0.570. The van der Waals surface area contributed by atoms with Crippen LogP contribution in [-0.4, -0.2) is 24.3 Å². The van der Waals surface area contributed by atoms with Crippen molar-refractivity contribution in [3.8, 4) is 0 Å². The molecule has 0 aliphatic rings. The number of hydrogen-bond donors (Lipinski definition) is 2. The smallest absolute Gasteiger partial charge is 0.326 e. The van der Waals surface area contributed by atoms with Gasteiger partial charge in [-0.1, -0.05) is 60.2 Å². The highest BCUT2D eigenvalue weighted by Crippen LogP contribution is 2.20. The van der Waals surface area contributed by atoms with Gasteiger partial charge < -0.3 is 15.4 Å². The first-order valence-electron chi connectivity index (χ1n) is 9.59. The number of anilines is 1. The van der Waals surface area contributed by atoms with E-state index in [1.54, 1.807) is 42.5 Å². The zero-order valence-electron chi connectivity index (χ0n) is 16.8. The lowest BCUT2D eigenvalue weighted by Crippen LogP contribution is -2.34. The summed E-state index contributed by atoms with van der Waals surface area (Å²) in [4.78, 5) is 37.2. The largest absolute Gasteiger partial charge is 0.446 e. The second-order valence-corrected chi connectivity index (χ2v) is 6.80. The van der Waals surface area contributed by atoms with Gasteiger partial charge in [-0.3, -0.25) is 14.4 Å². The zero-order valence-corrected chi connectivity index (χ0v) is 16.8. The Balaban J connectivity index is 1.67. The topological polar surface area (TPSA) is 84.5 Å². The average molecular weight is 420 g/mol. The number of ether oxygens (including phenoxy) is 1. The molecule has 3 aromatic rings. The van der Waals surface area contributed by atoms with Crippen molar-refractivity contribution in [3.05, 3.63) is 101 Å². The molecule has 7 heteroatoms. The summed E-state index contributed by atoms with van der Waals surface area (Å²) >= 11 is 0. The molecular weight excluding hydrogens is 399 g/mol. The molecule has 31 heavy (non-hydrogen) atoms. The van der Waals surface area contributed by atoms with Crippen LogP contribution in [0.4, 0.5) is 10.1 Å². The minimum atomic E-state index is -1.22. The molecule has 2 N–H and O–H groups in total. The molecule has 6 nitrogen and oxygen atoms in total. The van der Waals surface area contributed by atoms with Gasteiger partial charge in [0.05, 0.1) is 5.56 Å². The van der Waals surface area contributed by atoms with Gasteiger partial charge in [0.1, 0.15) is 12.4 Å². The molecule has 0 unspecified atom stereocenters. The molecule has 2 amide bonds. The second-order valence-electron chi connectivity index (χ2n) is 6.80. The Hall–Kier alpha value is -4.00. The van der Waals surface area contributed by atoms with E-state index < -0.39 is 36.2 Å². The van der Waals surface area contributed by atoms with E-state index in [1.807, 2.05) is 19.1 Å². The van der Waals surface area contributed by atoms with Gasteiger partial charge in [-0.25, -0.2) is 4.39 Å². The van der Waals surface area contributed by atoms with E-state index in [2.05, 4.69) is 10.6 Å². The number of rotatable bonds is 7. The Morgan fingerprint density at radius 3 is 2.23 bits per heavy atom. The number of benzene rings is 3. The molecule has 0 bridgehead atoms. The number of nitrogens with one attached hydrogen (secondary N) is 2. The van der Waals surface area contributed by atoms with Crippen molar-refractivity contribution in [1.82, 2.24) is 5.32 Å². The Morgan fingerprint density at radius 2 is 1.55 bits per heavy atom. The van der Waals surface area contributed by atoms with E-state index in [0.29, 0.717) is 11.3 Å². The number of amides is 2. The third-order valence-electron chi connectivity index (χ3n) is 4.42. The maximum absolute atomic E-state index is 13.7. The van der Waals surface area contributed by atoms with Gasteiger partial charge in [-0.15, -0.1) is 0 Å². The SMILES string of the molecule is Cc1ccc(NC(=O)[C@@H](OC(=O)CNC(=O)c2ccccc2F)c2ccccc2)cc1. The molecular formula is C24H21FN2O4. The van der Waals surface area contributed by atoms with Gasteiger partial charge in [0.15, 0.2) is 0 Å². The lowest BCUT2D eigenvalue weighted by Gasteiger charge is -2.18. The first-order valence-corrected chi connectivity index (χ1v) is 9.59. The standard InChI is InChI=1S/C24H21FN2O4/c1-16-11-13-18(14-12-16)27-24(30)22(17-7-3-2-4-8-17)31-21(28)15-26-23(29)19-9-5-6-10-20(19)25/h2-14,22H,15H2,1H3,(H,26,29)(H,27,30)/t22-/m0/s1.